The standard InChI is InChI=1S/C16H24FN/c1-12-9-10-18(16(2,3)4)15(11-12)13-5-7-14(17)8-6-13/h5-8,12,15H,9-11H2,1-4H3. The van der Waals surface area contributed by atoms with Crippen molar-refractivity contribution in [1.29, 1.82) is 0 Å². The van der Waals surface area contributed by atoms with Crippen LogP contribution in [0.3, 0.4) is 0 Å². The third kappa shape index (κ3) is 2.92. The van der Waals surface area contributed by atoms with Crippen LogP contribution in [0.1, 0.15) is 52.1 Å². The van der Waals surface area contributed by atoms with Gasteiger partial charge in [0.25, 0.3) is 0 Å². The Kier molecular flexibility index (Phi) is 3.76. The van der Waals surface area contributed by atoms with Crippen molar-refractivity contribution in [3.05, 3.63) is 35.6 Å². The average Bonchev–Trinajstić information content (AvgIpc) is 2.28. The minimum absolute atomic E-state index is 0.148. The number of halogens is 1. The van der Waals surface area contributed by atoms with Crippen molar-refractivity contribution in [2.45, 2.75) is 52.1 Å². The first-order chi connectivity index (χ1) is 8.38. The highest BCUT2D eigenvalue weighted by Gasteiger charge is 2.34. The topological polar surface area (TPSA) is 3.24 Å². The molecular formula is C16H24FN. The molecule has 18 heavy (non-hydrogen) atoms. The van der Waals surface area contributed by atoms with Gasteiger partial charge in [-0.15, -0.1) is 0 Å². The lowest BCUT2D eigenvalue weighted by molar-refractivity contribution is 0.0326. The minimum Gasteiger partial charge on any atom is -0.291 e. The van der Waals surface area contributed by atoms with Gasteiger partial charge >= 0.3 is 0 Å². The molecule has 0 radical (unpaired) electrons. The van der Waals surface area contributed by atoms with Gasteiger partial charge in [0.05, 0.1) is 0 Å². The number of nitrogens with zero attached hydrogens (tertiary/aromatic N) is 1. The summed E-state index contributed by atoms with van der Waals surface area (Å²) in [6.45, 7) is 10.2. The van der Waals surface area contributed by atoms with E-state index < -0.39 is 0 Å². The largest absolute Gasteiger partial charge is 0.291 e. The van der Waals surface area contributed by atoms with Crippen molar-refractivity contribution < 1.29 is 4.39 Å². The molecule has 0 aliphatic carbocycles. The summed E-state index contributed by atoms with van der Waals surface area (Å²) in [6.07, 6.45) is 2.43. The van der Waals surface area contributed by atoms with Crippen molar-refractivity contribution in [2.24, 2.45) is 5.92 Å². The van der Waals surface area contributed by atoms with E-state index in [-0.39, 0.29) is 11.4 Å². The molecule has 1 saturated heterocycles. The number of hydrogen-bond acceptors (Lipinski definition) is 1. The van der Waals surface area contributed by atoms with Crippen LogP contribution in [-0.4, -0.2) is 17.0 Å². The SMILES string of the molecule is CC1CCN(C(C)(C)C)C(c2ccc(F)cc2)C1. The van der Waals surface area contributed by atoms with Crippen molar-refractivity contribution in [3.8, 4) is 0 Å². The number of rotatable bonds is 1. The molecule has 1 fully saturated rings. The van der Waals surface area contributed by atoms with Gasteiger partial charge in [0.2, 0.25) is 0 Å². The average molecular weight is 249 g/mol. The zero-order valence-corrected chi connectivity index (χ0v) is 11.9. The zero-order chi connectivity index (χ0) is 13.3. The summed E-state index contributed by atoms with van der Waals surface area (Å²) in [5.41, 5.74) is 1.41. The fourth-order valence-electron chi connectivity index (χ4n) is 2.95. The highest BCUT2D eigenvalue weighted by molar-refractivity contribution is 5.21. The van der Waals surface area contributed by atoms with Crippen LogP contribution in [0, 0.1) is 11.7 Å². The Hall–Kier alpha value is -0.890. The lowest BCUT2D eigenvalue weighted by Gasteiger charge is -2.46. The predicted octanol–water partition coefficient (Wildman–Crippen LogP) is 4.40. The molecule has 0 amide bonds. The predicted molar refractivity (Wildman–Crippen MR) is 74.0 cm³/mol. The molecule has 0 spiro atoms. The fourth-order valence-corrected chi connectivity index (χ4v) is 2.95. The van der Waals surface area contributed by atoms with E-state index in [4.69, 9.17) is 0 Å². The van der Waals surface area contributed by atoms with E-state index in [0.29, 0.717) is 6.04 Å². The third-order valence-corrected chi connectivity index (χ3v) is 3.98. The Balaban J connectivity index is 2.28. The van der Waals surface area contributed by atoms with E-state index in [1.54, 1.807) is 12.1 Å². The molecule has 1 heterocycles. The van der Waals surface area contributed by atoms with E-state index in [9.17, 15) is 4.39 Å². The van der Waals surface area contributed by atoms with Crippen LogP contribution < -0.4 is 0 Å². The molecule has 2 heteroatoms. The van der Waals surface area contributed by atoms with E-state index in [2.05, 4.69) is 32.6 Å². The highest BCUT2D eigenvalue weighted by atomic mass is 19.1. The van der Waals surface area contributed by atoms with Crippen LogP contribution in [0.15, 0.2) is 24.3 Å². The van der Waals surface area contributed by atoms with Gasteiger partial charge in [0.15, 0.2) is 0 Å². The van der Waals surface area contributed by atoms with Gasteiger partial charge in [0.1, 0.15) is 5.82 Å². The molecule has 0 aromatic heterocycles. The summed E-state index contributed by atoms with van der Waals surface area (Å²) in [4.78, 5) is 2.56. The second kappa shape index (κ2) is 5.00. The summed E-state index contributed by atoms with van der Waals surface area (Å²) in [7, 11) is 0. The Morgan fingerprint density at radius 2 is 1.78 bits per heavy atom. The van der Waals surface area contributed by atoms with Gasteiger partial charge in [-0.05, 0) is 63.8 Å². The number of likely N-dealkylation sites (tertiary alicyclic amines) is 1. The Morgan fingerprint density at radius 1 is 1.17 bits per heavy atom. The maximum Gasteiger partial charge on any atom is 0.123 e. The quantitative estimate of drug-likeness (QED) is 0.713. The van der Waals surface area contributed by atoms with Crippen LogP contribution in [0.4, 0.5) is 4.39 Å². The monoisotopic (exact) mass is 249 g/mol. The van der Waals surface area contributed by atoms with Gasteiger partial charge in [-0.2, -0.15) is 0 Å². The molecule has 2 unspecified atom stereocenters. The second-order valence-electron chi connectivity index (χ2n) is 6.56. The van der Waals surface area contributed by atoms with Crippen molar-refractivity contribution in [3.63, 3.8) is 0 Å². The lowest BCUT2D eigenvalue weighted by Crippen LogP contribution is -2.47. The maximum absolute atomic E-state index is 13.0. The van der Waals surface area contributed by atoms with Gasteiger partial charge in [-0.3, -0.25) is 4.90 Å². The summed E-state index contributed by atoms with van der Waals surface area (Å²) in [5, 5.41) is 0. The van der Waals surface area contributed by atoms with Gasteiger partial charge in [-0.25, -0.2) is 4.39 Å². The summed E-state index contributed by atoms with van der Waals surface area (Å²) in [6, 6.07) is 7.47. The van der Waals surface area contributed by atoms with Gasteiger partial charge < -0.3 is 0 Å². The van der Waals surface area contributed by atoms with Crippen molar-refractivity contribution in [2.75, 3.05) is 6.54 Å². The molecule has 0 bridgehead atoms. The van der Waals surface area contributed by atoms with Gasteiger partial charge in [-0.1, -0.05) is 19.1 Å². The molecule has 1 aliphatic rings. The summed E-state index contributed by atoms with van der Waals surface area (Å²) in [5.74, 6) is 0.601. The minimum atomic E-state index is -0.148. The second-order valence-corrected chi connectivity index (χ2v) is 6.56. The summed E-state index contributed by atoms with van der Waals surface area (Å²) < 4.78 is 13.0. The normalized spacial score (nSPS) is 26.3. The Labute approximate surface area is 110 Å². The maximum atomic E-state index is 13.0. The van der Waals surface area contributed by atoms with Gasteiger partial charge in [0, 0.05) is 11.6 Å². The van der Waals surface area contributed by atoms with Crippen LogP contribution in [-0.2, 0) is 0 Å². The first-order valence-electron chi connectivity index (χ1n) is 6.90. The third-order valence-electron chi connectivity index (χ3n) is 3.98. The van der Waals surface area contributed by atoms with E-state index >= 15 is 0 Å². The Bertz CT molecular complexity index is 391. The van der Waals surface area contributed by atoms with Crippen LogP contribution in [0.25, 0.3) is 0 Å². The smallest absolute Gasteiger partial charge is 0.123 e. The fraction of sp³-hybridized carbons (Fsp3) is 0.625. The van der Waals surface area contributed by atoms with Crippen LogP contribution >= 0.6 is 0 Å². The molecule has 1 aliphatic heterocycles. The molecule has 1 nitrogen and oxygen atoms in total. The molecule has 2 atom stereocenters. The molecule has 0 saturated carbocycles. The van der Waals surface area contributed by atoms with E-state index in [1.165, 1.54) is 18.4 Å². The van der Waals surface area contributed by atoms with Crippen LogP contribution in [0.2, 0.25) is 0 Å². The molecule has 1 aromatic carbocycles. The lowest BCUT2D eigenvalue weighted by atomic mass is 9.85. The zero-order valence-electron chi connectivity index (χ0n) is 11.9. The van der Waals surface area contributed by atoms with Crippen molar-refractivity contribution >= 4 is 0 Å². The Morgan fingerprint density at radius 3 is 2.33 bits per heavy atom. The van der Waals surface area contributed by atoms with E-state index in [1.807, 2.05) is 12.1 Å². The van der Waals surface area contributed by atoms with Crippen LogP contribution in [0.5, 0.6) is 0 Å². The van der Waals surface area contributed by atoms with Crippen molar-refractivity contribution in [1.82, 2.24) is 4.90 Å². The molecule has 0 N–H and O–H groups in total. The molecular weight excluding hydrogens is 225 g/mol. The van der Waals surface area contributed by atoms with E-state index in [0.717, 1.165) is 12.5 Å². The first kappa shape index (κ1) is 13.5. The molecule has 2 rings (SSSR count). The summed E-state index contributed by atoms with van der Waals surface area (Å²) >= 11 is 0. The molecule has 100 valence electrons. The number of hydrogen-bond donors (Lipinski definition) is 0. The number of benzene rings is 1. The molecule has 1 aromatic rings. The first-order valence-corrected chi connectivity index (χ1v) is 6.90. The number of piperidine rings is 1. The highest BCUT2D eigenvalue weighted by Crippen LogP contribution is 2.38.